The lowest BCUT2D eigenvalue weighted by molar-refractivity contribution is -0.385. The average molecular weight is 419 g/mol. The quantitative estimate of drug-likeness (QED) is 0.275. The highest BCUT2D eigenvalue weighted by Crippen LogP contribution is 2.36. The van der Waals surface area contributed by atoms with Crippen molar-refractivity contribution >= 4 is 39.0 Å². The fourth-order valence-corrected chi connectivity index (χ4v) is 5.13. The van der Waals surface area contributed by atoms with Gasteiger partial charge in [-0.05, 0) is 19.4 Å². The highest BCUT2D eigenvalue weighted by atomic mass is 32.2. The Morgan fingerprint density at radius 1 is 1.39 bits per heavy atom. The summed E-state index contributed by atoms with van der Waals surface area (Å²) < 4.78 is 12.3. The summed E-state index contributed by atoms with van der Waals surface area (Å²) in [5.74, 6) is 0.998. The van der Waals surface area contributed by atoms with Crippen molar-refractivity contribution in [1.29, 1.82) is 0 Å². The van der Waals surface area contributed by atoms with E-state index in [1.807, 2.05) is 13.8 Å². The van der Waals surface area contributed by atoms with Crippen LogP contribution in [0.5, 0.6) is 5.75 Å². The van der Waals surface area contributed by atoms with Gasteiger partial charge in [0.2, 0.25) is 0 Å². The third kappa shape index (κ3) is 3.17. The maximum Gasteiger partial charge on any atom is 0.270 e. The Kier molecular flexibility index (Phi) is 4.86. The predicted molar refractivity (Wildman–Crippen MR) is 107 cm³/mol. The van der Waals surface area contributed by atoms with Crippen LogP contribution in [-0.4, -0.2) is 21.3 Å². The van der Waals surface area contributed by atoms with Gasteiger partial charge >= 0.3 is 0 Å². The summed E-state index contributed by atoms with van der Waals surface area (Å²) in [5, 5.41) is 12.5. The molecule has 146 valence electrons. The number of ether oxygens (including phenoxy) is 2. The van der Waals surface area contributed by atoms with Gasteiger partial charge in [0, 0.05) is 40.9 Å². The van der Waals surface area contributed by atoms with Gasteiger partial charge in [-0.15, -0.1) is 11.3 Å². The van der Waals surface area contributed by atoms with Crippen molar-refractivity contribution in [3.8, 4) is 5.75 Å². The van der Waals surface area contributed by atoms with Crippen LogP contribution < -0.4 is 10.3 Å². The van der Waals surface area contributed by atoms with E-state index >= 15 is 0 Å². The molecule has 0 spiro atoms. The number of thiophene rings is 1. The Labute approximate surface area is 168 Å². The number of aromatic nitrogens is 2. The van der Waals surface area contributed by atoms with Gasteiger partial charge in [0.15, 0.2) is 11.9 Å². The molecule has 0 saturated heterocycles. The van der Waals surface area contributed by atoms with Gasteiger partial charge in [0.1, 0.15) is 10.6 Å². The van der Waals surface area contributed by atoms with E-state index < -0.39 is 4.92 Å². The van der Waals surface area contributed by atoms with Gasteiger partial charge in [0.25, 0.3) is 11.2 Å². The fourth-order valence-electron chi connectivity index (χ4n) is 3.12. The van der Waals surface area contributed by atoms with Crippen LogP contribution in [0.25, 0.3) is 10.2 Å². The molecular weight excluding hydrogens is 402 g/mol. The number of hydrogen-bond acceptors (Lipinski definition) is 8. The van der Waals surface area contributed by atoms with Crippen molar-refractivity contribution < 1.29 is 14.4 Å². The van der Waals surface area contributed by atoms with Crippen LogP contribution >= 0.6 is 23.1 Å². The number of nitro groups is 1. The molecule has 28 heavy (non-hydrogen) atoms. The smallest absolute Gasteiger partial charge is 0.270 e. The molecule has 0 saturated carbocycles. The second kappa shape index (κ2) is 7.19. The third-order valence-electron chi connectivity index (χ3n) is 4.71. The van der Waals surface area contributed by atoms with Gasteiger partial charge in [-0.1, -0.05) is 11.8 Å². The van der Waals surface area contributed by atoms with Crippen LogP contribution in [0.3, 0.4) is 0 Å². The lowest BCUT2D eigenvalue weighted by Gasteiger charge is -2.20. The molecule has 0 bridgehead atoms. The molecule has 0 N–H and O–H groups in total. The summed E-state index contributed by atoms with van der Waals surface area (Å²) in [7, 11) is 1.69. The van der Waals surface area contributed by atoms with Crippen LogP contribution in [0, 0.1) is 24.0 Å². The van der Waals surface area contributed by atoms with Crippen molar-refractivity contribution in [1.82, 2.24) is 9.55 Å². The molecule has 0 unspecified atom stereocenters. The zero-order valence-electron chi connectivity index (χ0n) is 15.5. The lowest BCUT2D eigenvalue weighted by atomic mass is 10.1. The Morgan fingerprint density at radius 2 is 2.18 bits per heavy atom. The van der Waals surface area contributed by atoms with E-state index in [0.29, 0.717) is 38.0 Å². The summed E-state index contributed by atoms with van der Waals surface area (Å²) in [6, 6.07) is 2.98. The van der Waals surface area contributed by atoms with E-state index in [1.54, 1.807) is 7.05 Å². The molecule has 4 rings (SSSR count). The molecule has 0 aliphatic carbocycles. The molecular formula is C18H17N3O5S2. The monoisotopic (exact) mass is 419 g/mol. The Hall–Kier alpha value is -2.43. The van der Waals surface area contributed by atoms with Crippen molar-refractivity contribution in [3.05, 3.63) is 54.2 Å². The molecule has 2 aromatic heterocycles. The van der Waals surface area contributed by atoms with Gasteiger partial charge < -0.3 is 9.47 Å². The number of hydrogen-bond donors (Lipinski definition) is 0. The van der Waals surface area contributed by atoms with Crippen LogP contribution in [0.2, 0.25) is 0 Å². The summed E-state index contributed by atoms with van der Waals surface area (Å²) in [4.78, 5) is 30.0. The standard InChI is InChI=1S/C18H17N3O5S2/c1-9-10(2)28-16-14(9)17(22)20(3)18(19-16)27-7-12-5-13(21(23)24)4-11-6-25-8-26-15(11)12/h4-5H,6-8H2,1-3H3. The van der Waals surface area contributed by atoms with E-state index in [-0.39, 0.29) is 24.6 Å². The van der Waals surface area contributed by atoms with Crippen LogP contribution in [0.4, 0.5) is 5.69 Å². The minimum absolute atomic E-state index is 0.00902. The summed E-state index contributed by atoms with van der Waals surface area (Å²) in [6.07, 6.45) is 0. The molecule has 3 aromatic rings. The van der Waals surface area contributed by atoms with E-state index in [4.69, 9.17) is 9.47 Å². The van der Waals surface area contributed by atoms with Gasteiger partial charge in [-0.25, -0.2) is 4.98 Å². The molecule has 0 radical (unpaired) electrons. The second-order valence-corrected chi connectivity index (χ2v) is 8.62. The van der Waals surface area contributed by atoms with E-state index in [0.717, 1.165) is 10.4 Å². The molecule has 1 aliphatic heterocycles. The molecule has 10 heteroatoms. The molecule has 1 aliphatic rings. The van der Waals surface area contributed by atoms with E-state index in [9.17, 15) is 14.9 Å². The lowest BCUT2D eigenvalue weighted by Crippen LogP contribution is -2.20. The molecule has 1 aromatic carbocycles. The molecule has 0 atom stereocenters. The van der Waals surface area contributed by atoms with E-state index in [2.05, 4.69) is 4.98 Å². The average Bonchev–Trinajstić information content (AvgIpc) is 2.96. The largest absolute Gasteiger partial charge is 0.467 e. The van der Waals surface area contributed by atoms with Gasteiger partial charge in [-0.3, -0.25) is 19.5 Å². The van der Waals surface area contributed by atoms with Gasteiger partial charge in [0.05, 0.1) is 16.9 Å². The number of nitro benzene ring substituents is 1. The number of non-ortho nitro benzene ring substituents is 1. The number of rotatable bonds is 4. The minimum Gasteiger partial charge on any atom is -0.467 e. The number of nitrogens with zero attached hydrogens (tertiary/aromatic N) is 3. The number of thioether (sulfide) groups is 1. The topological polar surface area (TPSA) is 96.5 Å². The summed E-state index contributed by atoms with van der Waals surface area (Å²) in [6.45, 7) is 4.28. The number of benzene rings is 1. The van der Waals surface area contributed by atoms with Crippen molar-refractivity contribution in [2.75, 3.05) is 6.79 Å². The van der Waals surface area contributed by atoms with E-state index in [1.165, 1.54) is 39.8 Å². The SMILES string of the molecule is Cc1sc2nc(SCc3cc([N+](=O)[O-])cc4c3OCOC4)n(C)c(=O)c2c1C. The normalized spacial score (nSPS) is 13.4. The number of fused-ring (bicyclic) bond motifs is 2. The Balaban J connectivity index is 1.72. The summed E-state index contributed by atoms with van der Waals surface area (Å²) >= 11 is 2.85. The first-order chi connectivity index (χ1) is 13.4. The highest BCUT2D eigenvalue weighted by molar-refractivity contribution is 7.98. The maximum absolute atomic E-state index is 12.8. The third-order valence-corrected chi connectivity index (χ3v) is 6.89. The fraction of sp³-hybridized carbons (Fsp3) is 0.333. The molecule has 0 amide bonds. The first-order valence-electron chi connectivity index (χ1n) is 8.47. The minimum atomic E-state index is -0.430. The zero-order chi connectivity index (χ0) is 20.0. The van der Waals surface area contributed by atoms with Crippen molar-refractivity contribution in [3.63, 3.8) is 0 Å². The Morgan fingerprint density at radius 3 is 2.93 bits per heavy atom. The van der Waals surface area contributed by atoms with Crippen molar-refractivity contribution in [2.24, 2.45) is 7.05 Å². The second-order valence-electron chi connectivity index (χ2n) is 6.47. The number of aryl methyl sites for hydroxylation is 2. The maximum atomic E-state index is 12.8. The molecule has 8 nitrogen and oxygen atoms in total. The summed E-state index contributed by atoms with van der Waals surface area (Å²) in [5.41, 5.74) is 2.21. The van der Waals surface area contributed by atoms with Gasteiger partial charge in [-0.2, -0.15) is 0 Å². The predicted octanol–water partition coefficient (Wildman–Crippen LogP) is 3.68. The zero-order valence-corrected chi connectivity index (χ0v) is 17.1. The van der Waals surface area contributed by atoms with Crippen LogP contribution in [0.15, 0.2) is 22.1 Å². The molecule has 3 heterocycles. The highest BCUT2D eigenvalue weighted by Gasteiger charge is 2.22. The first kappa shape index (κ1) is 18.9. The van der Waals surface area contributed by atoms with Crippen LogP contribution in [0.1, 0.15) is 21.6 Å². The van der Waals surface area contributed by atoms with Crippen LogP contribution in [-0.2, 0) is 24.1 Å². The van der Waals surface area contributed by atoms with Crippen molar-refractivity contribution in [2.45, 2.75) is 31.4 Å². The Bertz CT molecular complexity index is 1170. The molecule has 0 fully saturated rings. The first-order valence-corrected chi connectivity index (χ1v) is 10.3.